The Hall–Kier alpha value is -2.11. The molecule has 1 aromatic heterocycles. The maximum absolute atomic E-state index is 11.7. The molecule has 40 heavy (non-hydrogen) atoms. The number of nitrogens with two attached hydrogens (primary N) is 2. The monoisotopic (exact) mass is 626 g/mol. The molecule has 3 rings (SSSR count). The minimum Gasteiger partial charge on any atom is -0.418 e. The van der Waals surface area contributed by atoms with Gasteiger partial charge in [-0.1, -0.05) is 0 Å². The van der Waals surface area contributed by atoms with Gasteiger partial charge in [-0.2, -0.15) is 4.31 Å². The Morgan fingerprint density at radius 3 is 2.15 bits per heavy atom. The van der Waals surface area contributed by atoms with Crippen LogP contribution in [0.15, 0.2) is 21.9 Å². The van der Waals surface area contributed by atoms with Crippen LogP contribution in [0, 0.1) is 0 Å². The van der Waals surface area contributed by atoms with E-state index in [4.69, 9.17) is 40.7 Å². The second kappa shape index (κ2) is 13.7. The molecule has 3 heterocycles. The fourth-order valence-electron chi connectivity index (χ4n) is 3.37. The van der Waals surface area contributed by atoms with Crippen molar-refractivity contribution in [2.45, 2.75) is 55.2 Å². The van der Waals surface area contributed by atoms with Crippen molar-refractivity contribution in [3.05, 3.63) is 33.1 Å². The van der Waals surface area contributed by atoms with Crippen LogP contribution in [0.4, 0.5) is 4.79 Å². The molecule has 0 aromatic carbocycles. The van der Waals surface area contributed by atoms with E-state index in [1.807, 2.05) is 4.98 Å². The predicted molar refractivity (Wildman–Crippen MR) is 123 cm³/mol. The molecule has 0 spiro atoms. The summed E-state index contributed by atoms with van der Waals surface area (Å²) in [6, 6.07) is -0.154. The lowest BCUT2D eigenvalue weighted by molar-refractivity contribution is -0.246. The minimum atomic E-state index is -5.32. The number of aliphatic hydroxyl groups is 5. The number of hydrogen-bond donors (Lipinski definition) is 11. The van der Waals surface area contributed by atoms with E-state index in [0.29, 0.717) is 0 Å². The van der Waals surface area contributed by atoms with Crippen molar-refractivity contribution in [2.75, 3.05) is 13.2 Å². The summed E-state index contributed by atoms with van der Waals surface area (Å²) in [5.74, 6) is 0. The topological polar surface area (TPSA) is 366 Å². The number of phosphoric ester groups is 1. The van der Waals surface area contributed by atoms with E-state index in [0.717, 1.165) is 16.8 Å². The van der Waals surface area contributed by atoms with Crippen LogP contribution in [0.3, 0.4) is 0 Å². The molecule has 13 N–H and O–H groups in total. The summed E-state index contributed by atoms with van der Waals surface area (Å²) in [7, 11) is -10.5. The summed E-state index contributed by atoms with van der Waals surface area (Å²) in [4.78, 5) is 61.1. The first kappa shape index (κ1) is 34.1. The standard InChI is InChI=1S/C9H14N2O12P2.C7H14N2O6/c12-5-1-2-11(9(15)10-5)8-7(14)6(13)4(22-8)3-21-25(19,20)23-24(16,17)18;8-3-5(12)4(11)2(1-10)14-6(3)15-7(9)13/h1-2,4,6-8,13-14H,3H2,(H,19,20)(H,10,12,15)(H2,16,17,18);2-6,10-12H,1,8H2,(H2,9,13)/t4-,6-,7-,8-;2-,3-,4-,5-,6?/m11/s1. The van der Waals surface area contributed by atoms with Crippen LogP contribution in [0.5, 0.6) is 0 Å². The summed E-state index contributed by atoms with van der Waals surface area (Å²) in [6.07, 6.45) is -11.4. The largest absolute Gasteiger partial charge is 0.481 e. The first-order valence-electron chi connectivity index (χ1n) is 10.8. The van der Waals surface area contributed by atoms with Crippen molar-refractivity contribution in [3.63, 3.8) is 0 Å². The summed E-state index contributed by atoms with van der Waals surface area (Å²) in [5.41, 5.74) is 8.53. The van der Waals surface area contributed by atoms with Crippen LogP contribution in [-0.2, 0) is 32.2 Å². The zero-order valence-electron chi connectivity index (χ0n) is 19.9. The van der Waals surface area contributed by atoms with E-state index in [9.17, 15) is 43.9 Å². The Kier molecular flexibility index (Phi) is 11.7. The molecule has 1 aromatic rings. The Morgan fingerprint density at radius 2 is 1.62 bits per heavy atom. The normalized spacial score (nSPS) is 33.9. The molecule has 22 nitrogen and oxygen atoms in total. The molecule has 1 amide bonds. The fourth-order valence-corrected chi connectivity index (χ4v) is 4.97. The van der Waals surface area contributed by atoms with Crippen molar-refractivity contribution in [1.82, 2.24) is 9.55 Å². The number of primary amides is 1. The molecule has 230 valence electrons. The van der Waals surface area contributed by atoms with E-state index < -0.39 is 101 Å². The van der Waals surface area contributed by atoms with Gasteiger partial charge >= 0.3 is 27.4 Å². The minimum absolute atomic E-state index is 0.538. The van der Waals surface area contributed by atoms with Gasteiger partial charge in [-0.15, -0.1) is 0 Å². The Labute approximate surface area is 222 Å². The van der Waals surface area contributed by atoms with Gasteiger partial charge in [-0.25, -0.2) is 18.7 Å². The number of hydrogen-bond acceptors (Lipinski definition) is 16. The Morgan fingerprint density at radius 1 is 1.02 bits per heavy atom. The lowest BCUT2D eigenvalue weighted by Gasteiger charge is -2.39. The Bertz CT molecular complexity index is 1220. The number of phosphoric acid groups is 2. The molecule has 2 aliphatic heterocycles. The van der Waals surface area contributed by atoms with Crippen molar-refractivity contribution in [1.29, 1.82) is 0 Å². The molecular weight excluding hydrogens is 598 g/mol. The van der Waals surface area contributed by atoms with Crippen LogP contribution in [-0.4, -0.2) is 118 Å². The van der Waals surface area contributed by atoms with Gasteiger partial charge in [-0.05, 0) is 0 Å². The summed E-state index contributed by atoms with van der Waals surface area (Å²) in [6.45, 7) is -1.44. The maximum Gasteiger partial charge on any atom is 0.481 e. The summed E-state index contributed by atoms with van der Waals surface area (Å²) in [5, 5.41) is 47.4. The zero-order valence-corrected chi connectivity index (χ0v) is 21.7. The first-order chi connectivity index (χ1) is 18.4. The van der Waals surface area contributed by atoms with Crippen molar-refractivity contribution in [2.24, 2.45) is 11.5 Å². The number of aromatic amines is 1. The van der Waals surface area contributed by atoms with Crippen LogP contribution < -0.4 is 22.7 Å². The van der Waals surface area contributed by atoms with Gasteiger partial charge in [0.25, 0.3) is 5.56 Å². The average molecular weight is 626 g/mol. The molecule has 2 saturated heterocycles. The van der Waals surface area contributed by atoms with Crippen LogP contribution in [0.25, 0.3) is 0 Å². The fraction of sp³-hybridized carbons (Fsp3) is 0.688. The molecule has 10 atom stereocenters. The van der Waals surface area contributed by atoms with Gasteiger partial charge < -0.3 is 65.9 Å². The van der Waals surface area contributed by atoms with Crippen LogP contribution in [0.2, 0.25) is 0 Å². The number of carbonyl (C=O) groups is 1. The van der Waals surface area contributed by atoms with Gasteiger partial charge in [-0.3, -0.25) is 18.9 Å². The molecule has 0 saturated carbocycles. The van der Waals surface area contributed by atoms with E-state index in [1.54, 1.807) is 0 Å². The van der Waals surface area contributed by atoms with Gasteiger partial charge in [0.15, 0.2) is 6.23 Å². The molecule has 0 radical (unpaired) electrons. The number of carbonyl (C=O) groups excluding carboxylic acids is 1. The second-order valence-corrected chi connectivity index (χ2v) is 11.0. The predicted octanol–water partition coefficient (Wildman–Crippen LogP) is -5.77. The van der Waals surface area contributed by atoms with Gasteiger partial charge in [0, 0.05) is 12.3 Å². The van der Waals surface area contributed by atoms with E-state index in [1.165, 1.54) is 0 Å². The number of nitrogens with zero attached hydrogens (tertiary/aromatic N) is 1. The third kappa shape index (κ3) is 9.21. The molecular formula is C16H28N4O18P2. The summed E-state index contributed by atoms with van der Waals surface area (Å²) >= 11 is 0. The third-order valence-corrected chi connectivity index (χ3v) is 7.39. The molecule has 0 aliphatic carbocycles. The number of aliphatic hydroxyl groups excluding tert-OH is 5. The quantitative estimate of drug-likeness (QED) is 0.120. The SMILES string of the molecule is NC(=O)OC1O[C@H](CO)[C@@H](O)[C@H](O)[C@H]1N.O=c1ccn([C@@H]2O[C@H](COP(=O)(O)OP(=O)(O)O)[C@@H](O)[C@H]2O)c(=O)[nH]1. The molecule has 2 fully saturated rings. The zero-order chi connectivity index (χ0) is 30.6. The number of aromatic nitrogens is 2. The highest BCUT2D eigenvalue weighted by atomic mass is 31.3. The van der Waals surface area contributed by atoms with Gasteiger partial charge in [0.1, 0.15) is 36.6 Å². The molecule has 24 heteroatoms. The van der Waals surface area contributed by atoms with Crippen molar-refractivity contribution >= 4 is 21.7 Å². The maximum atomic E-state index is 11.7. The number of ether oxygens (including phenoxy) is 3. The third-order valence-electron chi connectivity index (χ3n) is 5.23. The van der Waals surface area contributed by atoms with E-state index in [2.05, 4.69) is 13.6 Å². The van der Waals surface area contributed by atoms with Crippen molar-refractivity contribution < 1.29 is 77.2 Å². The van der Waals surface area contributed by atoms with E-state index in [-0.39, 0.29) is 0 Å². The highest BCUT2D eigenvalue weighted by Crippen LogP contribution is 2.57. The number of amides is 1. The number of nitrogens with one attached hydrogen (secondary N) is 1. The first-order valence-corrected chi connectivity index (χ1v) is 13.8. The van der Waals surface area contributed by atoms with E-state index >= 15 is 0 Å². The Balaban J connectivity index is 0.000000319. The second-order valence-electron chi connectivity index (χ2n) is 8.12. The highest BCUT2D eigenvalue weighted by molar-refractivity contribution is 7.60. The van der Waals surface area contributed by atoms with Gasteiger partial charge in [0.05, 0.1) is 19.3 Å². The van der Waals surface area contributed by atoms with Gasteiger partial charge in [0.2, 0.25) is 6.29 Å². The number of rotatable bonds is 8. The lowest BCUT2D eigenvalue weighted by Crippen LogP contribution is -2.63. The molecule has 0 bridgehead atoms. The highest BCUT2D eigenvalue weighted by Gasteiger charge is 2.46. The van der Waals surface area contributed by atoms with Crippen LogP contribution in [0.1, 0.15) is 6.23 Å². The summed E-state index contributed by atoms with van der Waals surface area (Å²) < 4.78 is 45.0. The van der Waals surface area contributed by atoms with Crippen LogP contribution >= 0.6 is 15.6 Å². The molecule has 2 unspecified atom stereocenters. The lowest BCUT2D eigenvalue weighted by atomic mass is 9.98. The average Bonchev–Trinajstić information content (AvgIpc) is 3.10. The molecule has 2 aliphatic rings. The smallest absolute Gasteiger partial charge is 0.418 e. The van der Waals surface area contributed by atoms with Crippen molar-refractivity contribution in [3.8, 4) is 0 Å². The number of H-pyrrole nitrogens is 1.